The van der Waals surface area contributed by atoms with Gasteiger partial charge in [0.1, 0.15) is 0 Å². The minimum absolute atomic E-state index is 0.964. The molecule has 0 aromatic carbocycles. The Balaban J connectivity index is 3.22. The number of unbranched alkanes of at least 4 members (excludes halogenated alkanes) is 27. The molecule has 0 aliphatic heterocycles. The maximum Gasteiger partial charge on any atom is -0.0443 e. The Hall–Kier alpha value is 0. The molecule has 40 heavy (non-hydrogen) atoms. The summed E-state index contributed by atoms with van der Waals surface area (Å²) in [6.45, 7) is 9.64. The standard InChI is InChI=1S/C40H82/c1-5-7-9-11-13-15-17-20-24-28-32-36-40(4)38-34-30-26-22-18-21-25-29-33-37-39(3)35-31-27-23-19-16-14-12-10-8-6-2/h39-40H,5-38H2,1-4H3. The van der Waals surface area contributed by atoms with Crippen LogP contribution in [0.2, 0.25) is 0 Å². The zero-order valence-electron chi connectivity index (χ0n) is 29.2. The van der Waals surface area contributed by atoms with Crippen molar-refractivity contribution in [1.29, 1.82) is 0 Å². The largest absolute Gasteiger partial charge is 0.0654 e. The van der Waals surface area contributed by atoms with Gasteiger partial charge in [-0.1, -0.05) is 246 Å². The molecule has 0 saturated heterocycles. The van der Waals surface area contributed by atoms with E-state index in [1.807, 2.05) is 0 Å². The average molecular weight is 563 g/mol. The van der Waals surface area contributed by atoms with Crippen LogP contribution in [0.15, 0.2) is 0 Å². The fourth-order valence-corrected chi connectivity index (χ4v) is 6.65. The van der Waals surface area contributed by atoms with Crippen LogP contribution >= 0.6 is 0 Å². The summed E-state index contributed by atoms with van der Waals surface area (Å²) in [5, 5.41) is 0. The summed E-state index contributed by atoms with van der Waals surface area (Å²) in [7, 11) is 0. The second-order valence-electron chi connectivity index (χ2n) is 14.3. The molecule has 0 N–H and O–H groups in total. The smallest absolute Gasteiger partial charge is 0.0443 e. The van der Waals surface area contributed by atoms with Crippen molar-refractivity contribution in [2.75, 3.05) is 0 Å². The van der Waals surface area contributed by atoms with Crippen molar-refractivity contribution < 1.29 is 0 Å². The first-order valence-corrected chi connectivity index (χ1v) is 19.7. The maximum absolute atomic E-state index is 2.51. The van der Waals surface area contributed by atoms with Gasteiger partial charge in [0, 0.05) is 0 Å². The lowest BCUT2D eigenvalue weighted by Gasteiger charge is -2.11. The van der Waals surface area contributed by atoms with Crippen LogP contribution in [0, 0.1) is 11.8 Å². The molecule has 0 spiro atoms. The van der Waals surface area contributed by atoms with Crippen molar-refractivity contribution in [3.8, 4) is 0 Å². The molecule has 2 atom stereocenters. The van der Waals surface area contributed by atoms with Crippen molar-refractivity contribution in [3.63, 3.8) is 0 Å². The number of rotatable bonds is 35. The highest BCUT2D eigenvalue weighted by Crippen LogP contribution is 2.21. The van der Waals surface area contributed by atoms with Gasteiger partial charge in [-0.05, 0) is 11.8 Å². The van der Waals surface area contributed by atoms with E-state index in [4.69, 9.17) is 0 Å². The van der Waals surface area contributed by atoms with Crippen LogP contribution in [0.5, 0.6) is 0 Å². The summed E-state index contributed by atoms with van der Waals surface area (Å²) in [5.74, 6) is 1.93. The predicted octanol–water partition coefficient (Wildman–Crippen LogP) is 15.6. The van der Waals surface area contributed by atoms with Crippen LogP contribution < -0.4 is 0 Å². The van der Waals surface area contributed by atoms with E-state index in [0.717, 1.165) is 11.8 Å². The van der Waals surface area contributed by atoms with Crippen molar-refractivity contribution in [1.82, 2.24) is 0 Å². The lowest BCUT2D eigenvalue weighted by molar-refractivity contribution is 0.425. The third kappa shape index (κ3) is 34.2. The molecular formula is C40H82. The second-order valence-corrected chi connectivity index (χ2v) is 14.3. The molecule has 0 rings (SSSR count). The van der Waals surface area contributed by atoms with E-state index >= 15 is 0 Å². The summed E-state index contributed by atoms with van der Waals surface area (Å²) in [5.41, 5.74) is 0. The van der Waals surface area contributed by atoms with Gasteiger partial charge in [0.15, 0.2) is 0 Å². The zero-order valence-corrected chi connectivity index (χ0v) is 29.2. The maximum atomic E-state index is 2.51. The fraction of sp³-hybridized carbons (Fsp3) is 1.00. The van der Waals surface area contributed by atoms with Crippen LogP contribution in [0.3, 0.4) is 0 Å². The summed E-state index contributed by atoms with van der Waals surface area (Å²) in [6.07, 6.45) is 50.1. The molecule has 0 nitrogen and oxygen atoms in total. The normalized spacial score (nSPS) is 13.2. The molecule has 0 bridgehead atoms. The summed E-state index contributed by atoms with van der Waals surface area (Å²) >= 11 is 0. The Kier molecular flexibility index (Phi) is 35.2. The summed E-state index contributed by atoms with van der Waals surface area (Å²) in [6, 6.07) is 0. The molecule has 0 aromatic heterocycles. The average Bonchev–Trinajstić information content (AvgIpc) is 2.95. The summed E-state index contributed by atoms with van der Waals surface area (Å²) < 4.78 is 0. The van der Waals surface area contributed by atoms with Gasteiger partial charge in [-0.2, -0.15) is 0 Å². The Morgan fingerprint density at radius 2 is 0.375 bits per heavy atom. The lowest BCUT2D eigenvalue weighted by Crippen LogP contribution is -1.95. The van der Waals surface area contributed by atoms with Crippen molar-refractivity contribution in [2.45, 2.75) is 246 Å². The van der Waals surface area contributed by atoms with Crippen molar-refractivity contribution in [2.24, 2.45) is 11.8 Å². The van der Waals surface area contributed by atoms with Crippen molar-refractivity contribution in [3.05, 3.63) is 0 Å². The first-order valence-electron chi connectivity index (χ1n) is 19.7. The van der Waals surface area contributed by atoms with E-state index in [2.05, 4.69) is 27.7 Å². The quantitative estimate of drug-likeness (QED) is 0.0674. The first kappa shape index (κ1) is 40.0. The number of hydrogen-bond acceptors (Lipinski definition) is 0. The van der Waals surface area contributed by atoms with E-state index in [0.29, 0.717) is 0 Å². The van der Waals surface area contributed by atoms with E-state index < -0.39 is 0 Å². The number of hydrogen-bond donors (Lipinski definition) is 0. The van der Waals surface area contributed by atoms with Gasteiger partial charge in [-0.25, -0.2) is 0 Å². The van der Waals surface area contributed by atoms with Gasteiger partial charge in [0.2, 0.25) is 0 Å². The highest BCUT2D eigenvalue weighted by Gasteiger charge is 2.04. The molecule has 0 heterocycles. The van der Waals surface area contributed by atoms with Crippen molar-refractivity contribution >= 4 is 0 Å². The van der Waals surface area contributed by atoms with Crippen LogP contribution in [-0.4, -0.2) is 0 Å². The van der Waals surface area contributed by atoms with Crippen LogP contribution in [0.25, 0.3) is 0 Å². The molecule has 0 saturated carbocycles. The van der Waals surface area contributed by atoms with Crippen LogP contribution in [-0.2, 0) is 0 Å². The molecule has 0 aliphatic carbocycles. The molecule has 0 aliphatic rings. The minimum atomic E-state index is 0.964. The molecule has 2 unspecified atom stereocenters. The molecule has 0 aromatic rings. The zero-order chi connectivity index (χ0) is 29.2. The van der Waals surface area contributed by atoms with Gasteiger partial charge < -0.3 is 0 Å². The lowest BCUT2D eigenvalue weighted by atomic mass is 9.95. The van der Waals surface area contributed by atoms with E-state index in [9.17, 15) is 0 Å². The Bertz CT molecular complexity index is 426. The molecule has 0 heteroatoms. The Morgan fingerprint density at radius 1 is 0.225 bits per heavy atom. The Labute approximate surface area is 257 Å². The molecular weight excluding hydrogens is 480 g/mol. The predicted molar refractivity (Wildman–Crippen MR) is 187 cm³/mol. The van der Waals surface area contributed by atoms with Crippen LogP contribution in [0.1, 0.15) is 246 Å². The van der Waals surface area contributed by atoms with E-state index in [-0.39, 0.29) is 0 Å². The van der Waals surface area contributed by atoms with Gasteiger partial charge >= 0.3 is 0 Å². The van der Waals surface area contributed by atoms with Gasteiger partial charge in [-0.15, -0.1) is 0 Å². The third-order valence-corrected chi connectivity index (χ3v) is 9.74. The highest BCUT2D eigenvalue weighted by molar-refractivity contribution is 4.58. The first-order chi connectivity index (χ1) is 19.7. The Morgan fingerprint density at radius 3 is 0.550 bits per heavy atom. The molecule has 242 valence electrons. The van der Waals surface area contributed by atoms with Gasteiger partial charge in [0.25, 0.3) is 0 Å². The molecule has 0 radical (unpaired) electrons. The highest BCUT2D eigenvalue weighted by atomic mass is 14.1. The topological polar surface area (TPSA) is 0 Å². The van der Waals surface area contributed by atoms with E-state index in [1.165, 1.54) is 218 Å². The fourth-order valence-electron chi connectivity index (χ4n) is 6.65. The van der Waals surface area contributed by atoms with Crippen LogP contribution in [0.4, 0.5) is 0 Å². The van der Waals surface area contributed by atoms with E-state index in [1.54, 1.807) is 0 Å². The SMILES string of the molecule is CCCCCCCCCCCCCC(C)CCCCCCCCCCCC(C)CCCCCCCCCCCC. The van der Waals surface area contributed by atoms with Gasteiger partial charge in [0.05, 0.1) is 0 Å². The summed E-state index contributed by atoms with van der Waals surface area (Å²) in [4.78, 5) is 0. The molecule has 0 amide bonds. The third-order valence-electron chi connectivity index (χ3n) is 9.74. The van der Waals surface area contributed by atoms with Gasteiger partial charge in [-0.3, -0.25) is 0 Å². The molecule has 0 fully saturated rings. The second kappa shape index (κ2) is 35.2. The minimum Gasteiger partial charge on any atom is -0.0654 e. The monoisotopic (exact) mass is 563 g/mol.